The molecule has 1 amide bonds. The summed E-state index contributed by atoms with van der Waals surface area (Å²) in [4.78, 5) is 19.3. The van der Waals surface area contributed by atoms with Gasteiger partial charge >= 0.3 is 0 Å². The molecular formula is C20H31N3O3. The topological polar surface area (TPSA) is 45.2 Å². The van der Waals surface area contributed by atoms with Gasteiger partial charge in [0.05, 0.1) is 20.1 Å². The van der Waals surface area contributed by atoms with E-state index < -0.39 is 0 Å². The van der Waals surface area contributed by atoms with Crippen molar-refractivity contribution in [1.29, 1.82) is 0 Å². The number of benzene rings is 1. The first kappa shape index (κ1) is 19.0. The van der Waals surface area contributed by atoms with Gasteiger partial charge in [-0.25, -0.2) is 0 Å². The van der Waals surface area contributed by atoms with Gasteiger partial charge in [0.2, 0.25) is 5.91 Å². The summed E-state index contributed by atoms with van der Waals surface area (Å²) in [5, 5.41) is 0. The standard InChI is InChI=1S/C20H31N3O3/c1-25-15-9-20(24)23-10-3-4-18(16-23)22-13-11-21(12-14-22)17-5-7-19(26-2)8-6-17/h5-8,18H,3-4,9-16H2,1-2H3. The molecule has 1 aromatic carbocycles. The SMILES string of the molecule is COCCC(=O)N1CCCC(N2CCN(c3ccc(OC)cc3)CC2)C1. The molecule has 1 aromatic rings. The van der Waals surface area contributed by atoms with Crippen LogP contribution in [0.2, 0.25) is 0 Å². The first-order valence-electron chi connectivity index (χ1n) is 9.61. The van der Waals surface area contributed by atoms with Crippen LogP contribution in [0.3, 0.4) is 0 Å². The van der Waals surface area contributed by atoms with Crippen molar-refractivity contribution in [2.45, 2.75) is 25.3 Å². The minimum Gasteiger partial charge on any atom is -0.497 e. The number of piperidine rings is 1. The third-order valence-electron chi connectivity index (χ3n) is 5.54. The summed E-state index contributed by atoms with van der Waals surface area (Å²) in [7, 11) is 3.34. The van der Waals surface area contributed by atoms with Crippen LogP contribution >= 0.6 is 0 Å². The lowest BCUT2D eigenvalue weighted by molar-refractivity contribution is -0.134. The Labute approximate surface area is 156 Å². The summed E-state index contributed by atoms with van der Waals surface area (Å²) in [5.41, 5.74) is 1.26. The van der Waals surface area contributed by atoms with E-state index in [0.29, 0.717) is 19.1 Å². The first-order chi connectivity index (χ1) is 12.7. The quantitative estimate of drug-likeness (QED) is 0.774. The van der Waals surface area contributed by atoms with E-state index in [1.54, 1.807) is 14.2 Å². The predicted molar refractivity (Wildman–Crippen MR) is 103 cm³/mol. The summed E-state index contributed by atoms with van der Waals surface area (Å²) in [6.45, 7) is 6.44. The second-order valence-corrected chi connectivity index (χ2v) is 7.10. The molecule has 26 heavy (non-hydrogen) atoms. The van der Waals surface area contributed by atoms with Crippen molar-refractivity contribution in [3.8, 4) is 5.75 Å². The number of carbonyl (C=O) groups excluding carboxylic acids is 1. The number of nitrogens with zero attached hydrogens (tertiary/aromatic N) is 3. The van der Waals surface area contributed by atoms with E-state index >= 15 is 0 Å². The van der Waals surface area contributed by atoms with Gasteiger partial charge in [-0.2, -0.15) is 0 Å². The lowest BCUT2D eigenvalue weighted by Crippen LogP contribution is -2.56. The molecular weight excluding hydrogens is 330 g/mol. The van der Waals surface area contributed by atoms with Gasteiger partial charge in [0.25, 0.3) is 0 Å². The van der Waals surface area contributed by atoms with E-state index in [1.165, 1.54) is 12.1 Å². The van der Waals surface area contributed by atoms with Crippen molar-refractivity contribution in [2.75, 3.05) is 65.0 Å². The molecule has 0 N–H and O–H groups in total. The van der Waals surface area contributed by atoms with Crippen molar-refractivity contribution in [2.24, 2.45) is 0 Å². The van der Waals surface area contributed by atoms with Crippen molar-refractivity contribution >= 4 is 11.6 Å². The van der Waals surface area contributed by atoms with Crippen LogP contribution < -0.4 is 9.64 Å². The zero-order valence-corrected chi connectivity index (χ0v) is 16.0. The van der Waals surface area contributed by atoms with Gasteiger partial charge in [0.15, 0.2) is 0 Å². The third kappa shape index (κ3) is 4.68. The lowest BCUT2D eigenvalue weighted by atomic mass is 10.0. The molecule has 2 aliphatic heterocycles. The van der Waals surface area contributed by atoms with Gasteiger partial charge in [0.1, 0.15) is 5.75 Å². The monoisotopic (exact) mass is 361 g/mol. The fourth-order valence-corrected chi connectivity index (χ4v) is 3.97. The highest BCUT2D eigenvalue weighted by molar-refractivity contribution is 5.76. The van der Waals surface area contributed by atoms with Crippen molar-refractivity contribution in [3.05, 3.63) is 24.3 Å². The van der Waals surface area contributed by atoms with Crippen molar-refractivity contribution in [3.63, 3.8) is 0 Å². The molecule has 2 fully saturated rings. The van der Waals surface area contributed by atoms with E-state index in [2.05, 4.69) is 21.9 Å². The fourth-order valence-electron chi connectivity index (χ4n) is 3.97. The van der Waals surface area contributed by atoms with Crippen LogP contribution in [0, 0.1) is 0 Å². The second kappa shape index (κ2) is 9.24. The molecule has 0 radical (unpaired) electrons. The molecule has 0 saturated carbocycles. The number of hydrogen-bond acceptors (Lipinski definition) is 5. The number of anilines is 1. The Morgan fingerprint density at radius 1 is 1.08 bits per heavy atom. The van der Waals surface area contributed by atoms with Crippen LogP contribution in [0.4, 0.5) is 5.69 Å². The molecule has 6 heteroatoms. The smallest absolute Gasteiger partial charge is 0.224 e. The van der Waals surface area contributed by atoms with E-state index in [1.807, 2.05) is 17.0 Å². The zero-order chi connectivity index (χ0) is 18.4. The number of hydrogen-bond donors (Lipinski definition) is 0. The molecule has 1 atom stereocenters. The fraction of sp³-hybridized carbons (Fsp3) is 0.650. The average Bonchev–Trinajstić information content (AvgIpc) is 2.72. The Bertz CT molecular complexity index is 570. The Hall–Kier alpha value is -1.79. The van der Waals surface area contributed by atoms with Crippen LogP contribution in [-0.2, 0) is 9.53 Å². The summed E-state index contributed by atoms with van der Waals surface area (Å²) < 4.78 is 10.3. The minimum atomic E-state index is 0.230. The maximum atomic E-state index is 12.3. The largest absolute Gasteiger partial charge is 0.497 e. The second-order valence-electron chi connectivity index (χ2n) is 7.10. The highest BCUT2D eigenvalue weighted by Gasteiger charge is 2.29. The molecule has 6 nitrogen and oxygen atoms in total. The number of piperazine rings is 1. The number of ether oxygens (including phenoxy) is 2. The van der Waals surface area contributed by atoms with E-state index in [0.717, 1.165) is 51.4 Å². The Balaban J connectivity index is 1.50. The van der Waals surface area contributed by atoms with Crippen LogP contribution in [-0.4, -0.2) is 81.8 Å². The van der Waals surface area contributed by atoms with E-state index in [4.69, 9.17) is 9.47 Å². The van der Waals surface area contributed by atoms with Gasteiger partial charge in [-0.1, -0.05) is 0 Å². The molecule has 0 spiro atoms. The number of carbonyl (C=O) groups is 1. The first-order valence-corrected chi connectivity index (χ1v) is 9.61. The van der Waals surface area contributed by atoms with Gasteiger partial charge in [0, 0.05) is 58.1 Å². The highest BCUT2D eigenvalue weighted by Crippen LogP contribution is 2.23. The molecule has 1 unspecified atom stereocenters. The van der Waals surface area contributed by atoms with Crippen LogP contribution in [0.5, 0.6) is 5.75 Å². The summed E-state index contributed by atoms with van der Waals surface area (Å²) >= 11 is 0. The zero-order valence-electron chi connectivity index (χ0n) is 16.0. The normalized spacial score (nSPS) is 21.7. The highest BCUT2D eigenvalue weighted by atomic mass is 16.5. The number of amides is 1. The van der Waals surface area contributed by atoms with E-state index in [-0.39, 0.29) is 5.91 Å². The molecule has 2 heterocycles. The van der Waals surface area contributed by atoms with Gasteiger partial charge in [-0.3, -0.25) is 9.69 Å². The van der Waals surface area contributed by atoms with Crippen LogP contribution in [0.25, 0.3) is 0 Å². The summed E-state index contributed by atoms with van der Waals surface area (Å²) in [5.74, 6) is 1.13. The lowest BCUT2D eigenvalue weighted by Gasteiger charge is -2.44. The summed E-state index contributed by atoms with van der Waals surface area (Å²) in [6.07, 6.45) is 2.78. The van der Waals surface area contributed by atoms with Gasteiger partial charge in [-0.15, -0.1) is 0 Å². The molecule has 2 aliphatic rings. The van der Waals surface area contributed by atoms with Crippen molar-refractivity contribution in [1.82, 2.24) is 9.80 Å². The number of rotatable bonds is 6. The minimum absolute atomic E-state index is 0.230. The molecule has 3 rings (SSSR count). The third-order valence-corrected chi connectivity index (χ3v) is 5.54. The molecule has 0 aromatic heterocycles. The van der Waals surface area contributed by atoms with Crippen LogP contribution in [0.15, 0.2) is 24.3 Å². The number of likely N-dealkylation sites (tertiary alicyclic amines) is 1. The number of methoxy groups -OCH3 is 2. The predicted octanol–water partition coefficient (Wildman–Crippen LogP) is 1.84. The van der Waals surface area contributed by atoms with Gasteiger partial charge < -0.3 is 19.3 Å². The maximum absolute atomic E-state index is 12.3. The molecule has 2 saturated heterocycles. The Morgan fingerprint density at radius 2 is 1.81 bits per heavy atom. The average molecular weight is 361 g/mol. The van der Waals surface area contributed by atoms with Crippen molar-refractivity contribution < 1.29 is 14.3 Å². The maximum Gasteiger partial charge on any atom is 0.224 e. The summed E-state index contributed by atoms with van der Waals surface area (Å²) in [6, 6.07) is 8.79. The van der Waals surface area contributed by atoms with Gasteiger partial charge in [-0.05, 0) is 37.1 Å². The Morgan fingerprint density at radius 3 is 2.46 bits per heavy atom. The van der Waals surface area contributed by atoms with E-state index in [9.17, 15) is 4.79 Å². The van der Waals surface area contributed by atoms with Crippen LogP contribution in [0.1, 0.15) is 19.3 Å². The Kier molecular flexibility index (Phi) is 6.74. The molecule has 0 bridgehead atoms. The molecule has 0 aliphatic carbocycles. The molecule has 144 valence electrons.